The SMILES string of the molecule is COc1ccc(C(C)O[Si](c2ccccc2)c2ccccc2)cc1. The normalized spacial score (nSPS) is 12.1. The van der Waals surface area contributed by atoms with Crippen LogP contribution in [0.3, 0.4) is 0 Å². The summed E-state index contributed by atoms with van der Waals surface area (Å²) >= 11 is 0. The van der Waals surface area contributed by atoms with Crippen LogP contribution in [0.5, 0.6) is 5.75 Å². The third-order valence-corrected chi connectivity index (χ3v) is 6.26. The third-order valence-electron chi connectivity index (χ3n) is 3.95. The van der Waals surface area contributed by atoms with E-state index in [0.29, 0.717) is 0 Å². The Morgan fingerprint density at radius 2 is 1.21 bits per heavy atom. The number of benzene rings is 3. The highest BCUT2D eigenvalue weighted by atomic mass is 28.3. The van der Waals surface area contributed by atoms with Gasteiger partial charge in [-0.15, -0.1) is 0 Å². The van der Waals surface area contributed by atoms with Crippen LogP contribution in [-0.2, 0) is 4.43 Å². The van der Waals surface area contributed by atoms with Crippen molar-refractivity contribution in [1.82, 2.24) is 0 Å². The van der Waals surface area contributed by atoms with Gasteiger partial charge in [0.25, 0.3) is 9.04 Å². The van der Waals surface area contributed by atoms with Crippen molar-refractivity contribution in [2.45, 2.75) is 13.0 Å². The zero-order chi connectivity index (χ0) is 16.8. The van der Waals surface area contributed by atoms with E-state index in [4.69, 9.17) is 9.16 Å². The fourth-order valence-electron chi connectivity index (χ4n) is 2.60. The van der Waals surface area contributed by atoms with Crippen LogP contribution in [0.25, 0.3) is 0 Å². The second kappa shape index (κ2) is 7.95. The highest BCUT2D eigenvalue weighted by Gasteiger charge is 2.22. The fourth-order valence-corrected chi connectivity index (χ4v) is 4.69. The number of hydrogen-bond donors (Lipinski definition) is 0. The first-order chi connectivity index (χ1) is 11.8. The average molecular weight is 333 g/mol. The number of rotatable bonds is 6. The summed E-state index contributed by atoms with van der Waals surface area (Å²) in [4.78, 5) is 0. The van der Waals surface area contributed by atoms with Crippen LogP contribution in [0.2, 0.25) is 0 Å². The van der Waals surface area contributed by atoms with Gasteiger partial charge in [0.2, 0.25) is 0 Å². The van der Waals surface area contributed by atoms with Crippen LogP contribution in [0.15, 0.2) is 84.9 Å². The standard InChI is InChI=1S/C21H21O2Si/c1-17(18-13-15-19(22-2)16-14-18)23-24(20-9-5-3-6-10-20)21-11-7-4-8-12-21/h3-17H,1-2H3. The zero-order valence-electron chi connectivity index (χ0n) is 14.0. The molecular weight excluding hydrogens is 312 g/mol. The molecule has 0 spiro atoms. The van der Waals surface area contributed by atoms with Crippen molar-refractivity contribution in [2.75, 3.05) is 7.11 Å². The van der Waals surface area contributed by atoms with Crippen LogP contribution in [0.4, 0.5) is 0 Å². The number of hydrogen-bond acceptors (Lipinski definition) is 2. The quantitative estimate of drug-likeness (QED) is 0.642. The molecule has 0 heterocycles. The van der Waals surface area contributed by atoms with Crippen molar-refractivity contribution in [1.29, 1.82) is 0 Å². The van der Waals surface area contributed by atoms with E-state index in [1.54, 1.807) is 7.11 Å². The van der Waals surface area contributed by atoms with Crippen molar-refractivity contribution < 1.29 is 9.16 Å². The molecule has 0 aliphatic rings. The first kappa shape index (κ1) is 16.5. The van der Waals surface area contributed by atoms with Gasteiger partial charge in [0, 0.05) is 0 Å². The van der Waals surface area contributed by atoms with Crippen LogP contribution < -0.4 is 15.1 Å². The highest BCUT2D eigenvalue weighted by molar-refractivity contribution is 6.80. The van der Waals surface area contributed by atoms with Gasteiger partial charge in [0.15, 0.2) is 0 Å². The van der Waals surface area contributed by atoms with Crippen molar-refractivity contribution >= 4 is 19.4 Å². The minimum atomic E-state index is -1.29. The van der Waals surface area contributed by atoms with E-state index < -0.39 is 9.04 Å². The van der Waals surface area contributed by atoms with Crippen LogP contribution in [-0.4, -0.2) is 16.2 Å². The molecule has 0 amide bonds. The van der Waals surface area contributed by atoms with Crippen molar-refractivity contribution in [3.63, 3.8) is 0 Å². The lowest BCUT2D eigenvalue weighted by Gasteiger charge is -2.22. The lowest BCUT2D eigenvalue weighted by atomic mass is 10.1. The van der Waals surface area contributed by atoms with E-state index in [9.17, 15) is 0 Å². The summed E-state index contributed by atoms with van der Waals surface area (Å²) in [6.07, 6.45) is 0.0187. The molecule has 0 bridgehead atoms. The van der Waals surface area contributed by atoms with E-state index in [1.807, 2.05) is 24.3 Å². The van der Waals surface area contributed by atoms with Gasteiger partial charge in [-0.3, -0.25) is 0 Å². The van der Waals surface area contributed by atoms with Gasteiger partial charge in [0.1, 0.15) is 5.75 Å². The molecular formula is C21H21O2Si. The molecule has 0 fully saturated rings. The molecule has 0 saturated heterocycles. The first-order valence-electron chi connectivity index (χ1n) is 8.06. The predicted octanol–water partition coefficient (Wildman–Crippen LogP) is 3.58. The summed E-state index contributed by atoms with van der Waals surface area (Å²) in [5, 5.41) is 2.52. The molecule has 3 rings (SSSR count). The molecule has 1 unspecified atom stereocenters. The Kier molecular flexibility index (Phi) is 5.46. The average Bonchev–Trinajstić information content (AvgIpc) is 2.67. The molecule has 0 saturated carbocycles. The lowest BCUT2D eigenvalue weighted by molar-refractivity contribution is 0.237. The molecule has 2 nitrogen and oxygen atoms in total. The molecule has 0 aliphatic carbocycles. The molecule has 3 heteroatoms. The molecule has 1 atom stereocenters. The van der Waals surface area contributed by atoms with Gasteiger partial charge < -0.3 is 9.16 Å². The van der Waals surface area contributed by atoms with Gasteiger partial charge >= 0.3 is 0 Å². The maximum Gasteiger partial charge on any atom is 0.283 e. The molecule has 0 aliphatic heterocycles. The Morgan fingerprint density at radius 1 is 0.708 bits per heavy atom. The van der Waals surface area contributed by atoms with Crippen LogP contribution in [0.1, 0.15) is 18.6 Å². The van der Waals surface area contributed by atoms with E-state index in [1.165, 1.54) is 10.4 Å². The Labute approximate surface area is 145 Å². The first-order valence-corrected chi connectivity index (χ1v) is 9.47. The molecule has 3 aromatic rings. The maximum atomic E-state index is 6.54. The minimum Gasteiger partial charge on any atom is -0.497 e. The van der Waals surface area contributed by atoms with E-state index in [2.05, 4.69) is 67.6 Å². The van der Waals surface area contributed by atoms with Gasteiger partial charge in [-0.2, -0.15) is 0 Å². The maximum absolute atomic E-state index is 6.54. The van der Waals surface area contributed by atoms with Gasteiger partial charge in [-0.1, -0.05) is 72.8 Å². The Hall–Kier alpha value is -2.36. The molecule has 3 aromatic carbocycles. The Morgan fingerprint density at radius 3 is 1.67 bits per heavy atom. The number of ether oxygens (including phenoxy) is 1. The molecule has 24 heavy (non-hydrogen) atoms. The summed E-state index contributed by atoms with van der Waals surface area (Å²) < 4.78 is 11.8. The van der Waals surface area contributed by atoms with Crippen molar-refractivity contribution in [3.8, 4) is 5.75 Å². The highest BCUT2D eigenvalue weighted by Crippen LogP contribution is 2.20. The van der Waals surface area contributed by atoms with Gasteiger partial charge in [-0.25, -0.2) is 0 Å². The summed E-state index contributed by atoms with van der Waals surface area (Å²) in [6, 6.07) is 29.1. The number of methoxy groups -OCH3 is 1. The largest absolute Gasteiger partial charge is 0.497 e. The molecule has 1 radical (unpaired) electrons. The Balaban J connectivity index is 1.86. The molecule has 0 N–H and O–H groups in total. The van der Waals surface area contributed by atoms with Crippen LogP contribution >= 0.6 is 0 Å². The summed E-state index contributed by atoms with van der Waals surface area (Å²) in [6.45, 7) is 2.11. The Bertz CT molecular complexity index is 702. The van der Waals surface area contributed by atoms with E-state index in [0.717, 1.165) is 11.3 Å². The lowest BCUT2D eigenvalue weighted by Crippen LogP contribution is -2.45. The van der Waals surface area contributed by atoms with Crippen LogP contribution in [0, 0.1) is 0 Å². The molecule has 0 aromatic heterocycles. The fraction of sp³-hybridized carbons (Fsp3) is 0.143. The van der Waals surface area contributed by atoms with E-state index >= 15 is 0 Å². The monoisotopic (exact) mass is 333 g/mol. The smallest absolute Gasteiger partial charge is 0.283 e. The topological polar surface area (TPSA) is 18.5 Å². The summed E-state index contributed by atoms with van der Waals surface area (Å²) in [5.41, 5.74) is 1.16. The zero-order valence-corrected chi connectivity index (χ0v) is 15.0. The second-order valence-electron chi connectivity index (χ2n) is 5.59. The minimum absolute atomic E-state index is 0.0187. The van der Waals surface area contributed by atoms with E-state index in [-0.39, 0.29) is 6.10 Å². The van der Waals surface area contributed by atoms with Gasteiger partial charge in [-0.05, 0) is 35.0 Å². The predicted molar refractivity (Wildman–Crippen MR) is 100 cm³/mol. The third kappa shape index (κ3) is 3.93. The van der Waals surface area contributed by atoms with Gasteiger partial charge in [0.05, 0.1) is 13.2 Å². The second-order valence-corrected chi connectivity index (χ2v) is 7.64. The summed E-state index contributed by atoms with van der Waals surface area (Å²) in [7, 11) is 0.389. The van der Waals surface area contributed by atoms with Crippen molar-refractivity contribution in [2.24, 2.45) is 0 Å². The van der Waals surface area contributed by atoms with Crippen molar-refractivity contribution in [3.05, 3.63) is 90.5 Å². The summed E-state index contributed by atoms with van der Waals surface area (Å²) in [5.74, 6) is 0.864. The molecule has 121 valence electrons.